The summed E-state index contributed by atoms with van der Waals surface area (Å²) in [6.07, 6.45) is 0. The van der Waals surface area contributed by atoms with E-state index in [4.69, 9.17) is 5.73 Å². The number of hydrogen-bond acceptors (Lipinski definition) is 2. The monoisotopic (exact) mass is 332 g/mol. The molecule has 0 aromatic heterocycles. The molecule has 0 aliphatic heterocycles. The Morgan fingerprint density at radius 3 is 1.87 bits per heavy atom. The Kier molecular flexibility index (Phi) is 5.98. The first-order valence-corrected chi connectivity index (χ1v) is 7.47. The molecule has 0 spiro atoms. The van der Waals surface area contributed by atoms with Crippen molar-refractivity contribution in [2.24, 2.45) is 5.73 Å². The predicted octanol–water partition coefficient (Wildman–Crippen LogP) is 4.22. The van der Waals surface area contributed by atoms with E-state index in [2.05, 4.69) is 26.1 Å². The van der Waals surface area contributed by atoms with Gasteiger partial charge in [-0.2, -0.15) is 0 Å². The number of carbonyl (C=O) groups is 1. The van der Waals surface area contributed by atoms with Gasteiger partial charge in [0.15, 0.2) is 0 Å². The Hall–Kier alpha value is -1.84. The van der Waals surface area contributed by atoms with Gasteiger partial charge in [0.1, 0.15) is 5.54 Å². The average molecular weight is 333 g/mol. The molecule has 0 aliphatic rings. The summed E-state index contributed by atoms with van der Waals surface area (Å²) in [6.45, 7) is 8.20. The first-order valence-electron chi connectivity index (χ1n) is 7.47. The molecule has 1 unspecified atom stereocenters. The molecule has 0 heterocycles. The third kappa shape index (κ3) is 4.57. The maximum absolute atomic E-state index is 12.5. The van der Waals surface area contributed by atoms with E-state index in [1.165, 1.54) is 5.56 Å². The minimum atomic E-state index is -1.07. The van der Waals surface area contributed by atoms with Crippen LogP contribution in [0.25, 0.3) is 0 Å². The Labute approximate surface area is 144 Å². The van der Waals surface area contributed by atoms with Gasteiger partial charge in [-0.1, -0.05) is 63.2 Å². The van der Waals surface area contributed by atoms with Gasteiger partial charge in [-0.15, -0.1) is 12.4 Å². The number of benzene rings is 2. The van der Waals surface area contributed by atoms with Gasteiger partial charge in [0, 0.05) is 5.69 Å². The molecule has 0 aliphatic carbocycles. The molecule has 0 saturated carbocycles. The molecule has 0 radical (unpaired) electrons. The molecule has 23 heavy (non-hydrogen) atoms. The molecular formula is C19H25ClN2O. The van der Waals surface area contributed by atoms with E-state index in [-0.39, 0.29) is 23.7 Å². The highest BCUT2D eigenvalue weighted by Crippen LogP contribution is 2.24. The summed E-state index contributed by atoms with van der Waals surface area (Å²) in [5.74, 6) is -0.220. The van der Waals surface area contributed by atoms with Crippen LogP contribution in [-0.4, -0.2) is 5.91 Å². The molecule has 0 fully saturated rings. The third-order valence-electron chi connectivity index (χ3n) is 3.85. The van der Waals surface area contributed by atoms with Crippen LogP contribution in [0.4, 0.5) is 5.69 Å². The van der Waals surface area contributed by atoms with E-state index in [0.29, 0.717) is 0 Å². The van der Waals surface area contributed by atoms with Crippen LogP contribution in [0.3, 0.4) is 0 Å². The largest absolute Gasteiger partial charge is 0.324 e. The highest BCUT2D eigenvalue weighted by molar-refractivity contribution is 5.98. The number of nitrogens with two attached hydrogens (primary N) is 1. The zero-order valence-electron chi connectivity index (χ0n) is 14.1. The van der Waals surface area contributed by atoms with Crippen LogP contribution in [0.5, 0.6) is 0 Å². The molecule has 2 aromatic rings. The summed E-state index contributed by atoms with van der Waals surface area (Å²) in [4.78, 5) is 12.5. The van der Waals surface area contributed by atoms with Crippen LogP contribution >= 0.6 is 12.4 Å². The minimum Gasteiger partial charge on any atom is -0.324 e. The van der Waals surface area contributed by atoms with Crippen molar-refractivity contribution in [2.75, 3.05) is 5.32 Å². The summed E-state index contributed by atoms with van der Waals surface area (Å²) in [7, 11) is 0. The van der Waals surface area contributed by atoms with Crippen molar-refractivity contribution in [2.45, 2.75) is 38.6 Å². The molecule has 2 aromatic carbocycles. The normalized spacial score (nSPS) is 13.6. The second kappa shape index (κ2) is 7.16. The molecule has 124 valence electrons. The summed E-state index contributed by atoms with van der Waals surface area (Å²) >= 11 is 0. The van der Waals surface area contributed by atoms with Crippen LogP contribution in [0.15, 0.2) is 54.6 Å². The highest BCUT2D eigenvalue weighted by Gasteiger charge is 2.30. The maximum atomic E-state index is 12.5. The molecular weight excluding hydrogens is 308 g/mol. The van der Waals surface area contributed by atoms with Gasteiger partial charge in [0.05, 0.1) is 0 Å². The van der Waals surface area contributed by atoms with Gasteiger partial charge in [0.2, 0.25) is 5.91 Å². The van der Waals surface area contributed by atoms with Gasteiger partial charge < -0.3 is 11.1 Å². The summed E-state index contributed by atoms with van der Waals surface area (Å²) in [6, 6.07) is 17.3. The van der Waals surface area contributed by atoms with Crippen molar-refractivity contribution in [3.63, 3.8) is 0 Å². The first-order chi connectivity index (χ1) is 10.2. The van der Waals surface area contributed by atoms with Gasteiger partial charge in [-0.3, -0.25) is 4.79 Å². The molecule has 0 saturated heterocycles. The Balaban J connectivity index is 0.00000264. The quantitative estimate of drug-likeness (QED) is 0.884. The van der Waals surface area contributed by atoms with E-state index >= 15 is 0 Å². The van der Waals surface area contributed by atoms with Gasteiger partial charge in [-0.05, 0) is 35.6 Å². The van der Waals surface area contributed by atoms with Gasteiger partial charge in [-0.25, -0.2) is 0 Å². The molecule has 4 heteroatoms. The van der Waals surface area contributed by atoms with Gasteiger partial charge in [0.25, 0.3) is 0 Å². The Bertz CT molecular complexity index is 643. The summed E-state index contributed by atoms with van der Waals surface area (Å²) < 4.78 is 0. The van der Waals surface area contributed by atoms with E-state index in [1.807, 2.05) is 54.6 Å². The number of halogens is 1. The van der Waals surface area contributed by atoms with Crippen molar-refractivity contribution in [1.29, 1.82) is 0 Å². The number of amides is 1. The van der Waals surface area contributed by atoms with Crippen molar-refractivity contribution in [3.8, 4) is 0 Å². The van der Waals surface area contributed by atoms with Crippen LogP contribution < -0.4 is 11.1 Å². The van der Waals surface area contributed by atoms with Crippen LogP contribution in [-0.2, 0) is 15.7 Å². The van der Waals surface area contributed by atoms with Crippen molar-refractivity contribution >= 4 is 24.0 Å². The number of carbonyl (C=O) groups excluding carboxylic acids is 1. The maximum Gasteiger partial charge on any atom is 0.248 e. The fraction of sp³-hybridized carbons (Fsp3) is 0.316. The van der Waals surface area contributed by atoms with E-state index in [0.717, 1.165) is 11.3 Å². The molecule has 1 amide bonds. The fourth-order valence-electron chi connectivity index (χ4n) is 2.23. The Morgan fingerprint density at radius 1 is 0.870 bits per heavy atom. The second-order valence-electron chi connectivity index (χ2n) is 6.85. The molecule has 3 nitrogen and oxygen atoms in total. The van der Waals surface area contributed by atoms with Crippen LogP contribution in [0.1, 0.15) is 38.8 Å². The summed E-state index contributed by atoms with van der Waals surface area (Å²) in [5, 5.41) is 2.90. The van der Waals surface area contributed by atoms with E-state index in [1.54, 1.807) is 6.92 Å². The minimum absolute atomic E-state index is 0. The number of hydrogen-bond donors (Lipinski definition) is 2. The van der Waals surface area contributed by atoms with E-state index < -0.39 is 5.54 Å². The average Bonchev–Trinajstić information content (AvgIpc) is 2.47. The van der Waals surface area contributed by atoms with Gasteiger partial charge >= 0.3 is 0 Å². The van der Waals surface area contributed by atoms with Crippen molar-refractivity contribution in [3.05, 3.63) is 65.7 Å². The lowest BCUT2D eigenvalue weighted by atomic mass is 9.87. The SMILES string of the molecule is CC(C)(C)c1ccc(NC(=O)C(C)(N)c2ccccc2)cc1.Cl. The van der Waals surface area contributed by atoms with Crippen LogP contribution in [0.2, 0.25) is 0 Å². The number of anilines is 1. The van der Waals surface area contributed by atoms with Crippen molar-refractivity contribution in [1.82, 2.24) is 0 Å². The molecule has 3 N–H and O–H groups in total. The lowest BCUT2D eigenvalue weighted by Gasteiger charge is -2.24. The molecule has 1 atom stereocenters. The zero-order chi connectivity index (χ0) is 16.4. The highest BCUT2D eigenvalue weighted by atomic mass is 35.5. The van der Waals surface area contributed by atoms with E-state index in [9.17, 15) is 4.79 Å². The summed E-state index contributed by atoms with van der Waals surface area (Å²) in [5.41, 5.74) is 8.01. The van der Waals surface area contributed by atoms with Crippen LogP contribution in [0, 0.1) is 0 Å². The van der Waals surface area contributed by atoms with Crippen molar-refractivity contribution < 1.29 is 4.79 Å². The molecule has 0 bridgehead atoms. The predicted molar refractivity (Wildman–Crippen MR) is 99.0 cm³/mol. The zero-order valence-corrected chi connectivity index (χ0v) is 14.9. The topological polar surface area (TPSA) is 55.1 Å². The second-order valence-corrected chi connectivity index (χ2v) is 6.85. The first kappa shape index (κ1) is 19.2. The lowest BCUT2D eigenvalue weighted by molar-refractivity contribution is -0.120. The standard InChI is InChI=1S/C19H24N2O.ClH/c1-18(2,3)14-10-12-16(13-11-14)21-17(22)19(4,20)15-8-6-5-7-9-15;/h5-13H,20H2,1-4H3,(H,21,22);1H. The third-order valence-corrected chi connectivity index (χ3v) is 3.85. The number of rotatable bonds is 3. The molecule has 2 rings (SSSR count). The lowest BCUT2D eigenvalue weighted by Crippen LogP contribution is -2.45. The fourth-order valence-corrected chi connectivity index (χ4v) is 2.23. The smallest absolute Gasteiger partial charge is 0.248 e. The Morgan fingerprint density at radius 2 is 1.39 bits per heavy atom. The number of nitrogens with one attached hydrogen (secondary N) is 1.